The zero-order valence-electron chi connectivity index (χ0n) is 12.6. The van der Waals surface area contributed by atoms with Gasteiger partial charge in [-0.3, -0.25) is 10.1 Å². The maximum absolute atomic E-state index is 12.2. The first kappa shape index (κ1) is 15.4. The fourth-order valence-electron chi connectivity index (χ4n) is 2.28. The molecule has 0 atom stereocenters. The van der Waals surface area contributed by atoms with Crippen LogP contribution < -0.4 is 4.74 Å². The molecule has 0 radical (unpaired) electrons. The normalized spacial score (nSPS) is 10.2. The summed E-state index contributed by atoms with van der Waals surface area (Å²) in [5.41, 5.74) is 2.09. The molecular formula is C19H13NO4. The lowest BCUT2D eigenvalue weighted by molar-refractivity contribution is -0.385. The molecule has 3 aromatic rings. The SMILES string of the molecule is O=C(Oc1ccccc1[N+](=O)[O-])c1ccc(-c2ccccc2)cc1. The molecular weight excluding hydrogens is 306 g/mol. The zero-order valence-corrected chi connectivity index (χ0v) is 12.6. The second kappa shape index (κ2) is 6.75. The van der Waals surface area contributed by atoms with Crippen LogP contribution in [-0.2, 0) is 0 Å². The van der Waals surface area contributed by atoms with Crippen LogP contribution in [0.5, 0.6) is 5.75 Å². The molecule has 5 heteroatoms. The summed E-state index contributed by atoms with van der Waals surface area (Å²) < 4.78 is 5.16. The highest BCUT2D eigenvalue weighted by Gasteiger charge is 2.18. The molecule has 0 N–H and O–H groups in total. The van der Waals surface area contributed by atoms with E-state index in [0.29, 0.717) is 5.56 Å². The van der Waals surface area contributed by atoms with Crippen LogP contribution >= 0.6 is 0 Å². The summed E-state index contributed by atoms with van der Waals surface area (Å²) in [6.45, 7) is 0. The van der Waals surface area contributed by atoms with Crippen LogP contribution in [0.15, 0.2) is 78.9 Å². The minimum atomic E-state index is -0.635. The lowest BCUT2D eigenvalue weighted by Crippen LogP contribution is -2.09. The first-order valence-electron chi connectivity index (χ1n) is 7.26. The monoisotopic (exact) mass is 319 g/mol. The van der Waals surface area contributed by atoms with Gasteiger partial charge in [0.2, 0.25) is 5.75 Å². The number of nitro benzene ring substituents is 1. The van der Waals surface area contributed by atoms with Crippen molar-refractivity contribution in [3.63, 3.8) is 0 Å². The van der Waals surface area contributed by atoms with Gasteiger partial charge in [-0.05, 0) is 29.3 Å². The number of carbonyl (C=O) groups is 1. The summed E-state index contributed by atoms with van der Waals surface area (Å²) in [5, 5.41) is 11.0. The number of benzene rings is 3. The molecule has 3 aromatic carbocycles. The number of nitro groups is 1. The zero-order chi connectivity index (χ0) is 16.9. The number of rotatable bonds is 4. The maximum atomic E-state index is 12.2. The Bertz CT molecular complexity index is 873. The Hall–Kier alpha value is -3.47. The highest BCUT2D eigenvalue weighted by molar-refractivity contribution is 5.92. The second-order valence-corrected chi connectivity index (χ2v) is 5.06. The number of hydrogen-bond donors (Lipinski definition) is 0. The number of para-hydroxylation sites is 2. The number of esters is 1. The molecule has 0 saturated heterocycles. The molecule has 0 spiro atoms. The van der Waals surface area contributed by atoms with E-state index in [4.69, 9.17) is 4.74 Å². The molecule has 0 saturated carbocycles. The molecule has 0 unspecified atom stereocenters. The van der Waals surface area contributed by atoms with Crippen molar-refractivity contribution >= 4 is 11.7 Å². The molecule has 0 aliphatic heterocycles. The summed E-state index contributed by atoms with van der Waals surface area (Å²) >= 11 is 0. The van der Waals surface area contributed by atoms with Crippen molar-refractivity contribution in [3.8, 4) is 16.9 Å². The topological polar surface area (TPSA) is 69.4 Å². The van der Waals surface area contributed by atoms with Crippen LogP contribution in [0.25, 0.3) is 11.1 Å². The van der Waals surface area contributed by atoms with Gasteiger partial charge in [0, 0.05) is 6.07 Å². The van der Waals surface area contributed by atoms with E-state index in [1.54, 1.807) is 18.2 Å². The van der Waals surface area contributed by atoms with Crippen LogP contribution in [0.2, 0.25) is 0 Å². The maximum Gasteiger partial charge on any atom is 0.343 e. The molecule has 0 fully saturated rings. The van der Waals surface area contributed by atoms with Crippen molar-refractivity contribution in [2.75, 3.05) is 0 Å². The predicted molar refractivity (Wildman–Crippen MR) is 89.9 cm³/mol. The van der Waals surface area contributed by atoms with E-state index >= 15 is 0 Å². The Labute approximate surface area is 138 Å². The van der Waals surface area contributed by atoms with Gasteiger partial charge in [0.05, 0.1) is 10.5 Å². The third-order valence-electron chi connectivity index (χ3n) is 3.49. The lowest BCUT2D eigenvalue weighted by Gasteiger charge is -2.06. The number of carbonyl (C=O) groups excluding carboxylic acids is 1. The fraction of sp³-hybridized carbons (Fsp3) is 0. The summed E-state index contributed by atoms with van der Waals surface area (Å²) in [7, 11) is 0. The van der Waals surface area contributed by atoms with Gasteiger partial charge in [-0.1, -0.05) is 54.6 Å². The van der Waals surface area contributed by atoms with E-state index in [1.165, 1.54) is 18.2 Å². The molecule has 5 nitrogen and oxygen atoms in total. The van der Waals surface area contributed by atoms with Crippen LogP contribution in [0.1, 0.15) is 10.4 Å². The number of nitrogens with zero attached hydrogens (tertiary/aromatic N) is 1. The van der Waals surface area contributed by atoms with Crippen molar-refractivity contribution in [2.24, 2.45) is 0 Å². The number of ether oxygens (including phenoxy) is 1. The van der Waals surface area contributed by atoms with E-state index in [0.717, 1.165) is 11.1 Å². The molecule has 0 heterocycles. The van der Waals surface area contributed by atoms with Gasteiger partial charge in [-0.25, -0.2) is 4.79 Å². The smallest absolute Gasteiger partial charge is 0.343 e. The van der Waals surface area contributed by atoms with Crippen LogP contribution in [0.3, 0.4) is 0 Å². The highest BCUT2D eigenvalue weighted by Crippen LogP contribution is 2.27. The first-order valence-corrected chi connectivity index (χ1v) is 7.26. The van der Waals surface area contributed by atoms with Gasteiger partial charge in [-0.15, -0.1) is 0 Å². The van der Waals surface area contributed by atoms with E-state index in [1.807, 2.05) is 42.5 Å². The van der Waals surface area contributed by atoms with Crippen molar-refractivity contribution in [1.29, 1.82) is 0 Å². The Kier molecular flexibility index (Phi) is 4.34. The second-order valence-electron chi connectivity index (χ2n) is 5.06. The average Bonchev–Trinajstić information content (AvgIpc) is 2.63. The van der Waals surface area contributed by atoms with Gasteiger partial charge in [-0.2, -0.15) is 0 Å². The fourth-order valence-corrected chi connectivity index (χ4v) is 2.28. The third kappa shape index (κ3) is 3.30. The van der Waals surface area contributed by atoms with Crippen LogP contribution in [-0.4, -0.2) is 10.9 Å². The quantitative estimate of drug-likeness (QED) is 0.308. The molecule has 0 amide bonds. The Morgan fingerprint density at radius 2 is 1.38 bits per heavy atom. The van der Waals surface area contributed by atoms with Gasteiger partial charge < -0.3 is 4.74 Å². The third-order valence-corrected chi connectivity index (χ3v) is 3.49. The van der Waals surface area contributed by atoms with E-state index in [-0.39, 0.29) is 11.4 Å². The van der Waals surface area contributed by atoms with Crippen molar-refractivity contribution in [3.05, 3.63) is 94.5 Å². The summed E-state index contributed by atoms with van der Waals surface area (Å²) in [5.74, 6) is -0.705. The highest BCUT2D eigenvalue weighted by atomic mass is 16.6. The van der Waals surface area contributed by atoms with Crippen LogP contribution in [0.4, 0.5) is 5.69 Å². The van der Waals surface area contributed by atoms with E-state index in [9.17, 15) is 14.9 Å². The van der Waals surface area contributed by atoms with Crippen molar-refractivity contribution in [1.82, 2.24) is 0 Å². The Morgan fingerprint density at radius 1 is 0.792 bits per heavy atom. The average molecular weight is 319 g/mol. The lowest BCUT2D eigenvalue weighted by atomic mass is 10.0. The molecule has 0 aliphatic carbocycles. The molecule has 118 valence electrons. The molecule has 3 rings (SSSR count). The largest absolute Gasteiger partial charge is 0.416 e. The summed E-state index contributed by atoms with van der Waals surface area (Å²) in [4.78, 5) is 22.6. The molecule has 0 bridgehead atoms. The van der Waals surface area contributed by atoms with Gasteiger partial charge >= 0.3 is 11.7 Å². The van der Waals surface area contributed by atoms with E-state index < -0.39 is 10.9 Å². The van der Waals surface area contributed by atoms with Gasteiger partial charge in [0.25, 0.3) is 0 Å². The number of hydrogen-bond acceptors (Lipinski definition) is 4. The molecule has 0 aliphatic rings. The minimum Gasteiger partial charge on any atom is -0.416 e. The Morgan fingerprint density at radius 3 is 2.04 bits per heavy atom. The van der Waals surface area contributed by atoms with Gasteiger partial charge in [0.1, 0.15) is 0 Å². The standard InChI is InChI=1S/C19H13NO4/c21-19(24-18-9-5-4-8-17(18)20(22)23)16-12-10-15(11-13-16)14-6-2-1-3-7-14/h1-13H. The van der Waals surface area contributed by atoms with Gasteiger partial charge in [0.15, 0.2) is 0 Å². The summed E-state index contributed by atoms with van der Waals surface area (Å²) in [6.07, 6.45) is 0. The van der Waals surface area contributed by atoms with Crippen LogP contribution in [0, 0.1) is 10.1 Å². The Balaban J connectivity index is 1.80. The minimum absolute atomic E-state index is 0.0698. The van der Waals surface area contributed by atoms with E-state index in [2.05, 4.69) is 0 Å². The first-order chi connectivity index (χ1) is 11.6. The van der Waals surface area contributed by atoms with Crippen molar-refractivity contribution < 1.29 is 14.5 Å². The molecule has 0 aromatic heterocycles. The van der Waals surface area contributed by atoms with Crippen molar-refractivity contribution in [2.45, 2.75) is 0 Å². The summed E-state index contributed by atoms with van der Waals surface area (Å²) in [6, 6.07) is 22.4. The molecule has 24 heavy (non-hydrogen) atoms. The predicted octanol–water partition coefficient (Wildman–Crippen LogP) is 4.48.